The maximum absolute atomic E-state index is 10.3. The SMILES string of the molecule is CC(C)(O)C(C)(C)OBc1cccc(Oc2cccc(BOC(C)(C)C(C)(C)O)c2)c1. The standard InChI is InChI=1S/C24H36B2O5/c1-21(2,27)23(5,6)30-25-17-11-9-13-19(15-17)29-20-14-10-12-18(16-20)26-31-24(7,8)22(3,4)28/h9-16,25-28H,1-8H3. The van der Waals surface area contributed by atoms with Gasteiger partial charge < -0.3 is 24.3 Å². The lowest BCUT2D eigenvalue weighted by molar-refractivity contribution is -0.0893. The third-order valence-electron chi connectivity index (χ3n) is 6.18. The summed E-state index contributed by atoms with van der Waals surface area (Å²) in [6.45, 7) is 14.5. The average Bonchev–Trinajstić information content (AvgIpc) is 2.64. The van der Waals surface area contributed by atoms with Crippen LogP contribution >= 0.6 is 0 Å². The van der Waals surface area contributed by atoms with Crippen molar-refractivity contribution in [2.75, 3.05) is 0 Å². The molecule has 0 radical (unpaired) electrons. The molecule has 5 nitrogen and oxygen atoms in total. The summed E-state index contributed by atoms with van der Waals surface area (Å²) >= 11 is 0. The largest absolute Gasteiger partial charge is 0.457 e. The minimum absolute atomic E-state index is 0.369. The number of hydrogen-bond acceptors (Lipinski definition) is 5. The Morgan fingerprint density at radius 1 is 0.613 bits per heavy atom. The highest BCUT2D eigenvalue weighted by molar-refractivity contribution is 6.47. The first-order valence-corrected chi connectivity index (χ1v) is 10.7. The van der Waals surface area contributed by atoms with Crippen LogP contribution in [0.3, 0.4) is 0 Å². The van der Waals surface area contributed by atoms with Gasteiger partial charge in [0.2, 0.25) is 0 Å². The second-order valence-electron chi connectivity index (χ2n) is 10.1. The van der Waals surface area contributed by atoms with E-state index in [0.717, 1.165) is 10.9 Å². The van der Waals surface area contributed by atoms with Crippen LogP contribution in [-0.4, -0.2) is 47.6 Å². The molecule has 0 saturated heterocycles. The van der Waals surface area contributed by atoms with Crippen LogP contribution in [0.2, 0.25) is 0 Å². The predicted molar refractivity (Wildman–Crippen MR) is 129 cm³/mol. The quantitative estimate of drug-likeness (QED) is 0.572. The Bertz CT molecular complexity index is 795. The third-order valence-corrected chi connectivity index (χ3v) is 6.18. The van der Waals surface area contributed by atoms with Crippen molar-refractivity contribution in [2.45, 2.75) is 77.8 Å². The van der Waals surface area contributed by atoms with Crippen molar-refractivity contribution < 1.29 is 24.3 Å². The van der Waals surface area contributed by atoms with E-state index in [1.807, 2.05) is 76.2 Å². The summed E-state index contributed by atoms with van der Waals surface area (Å²) in [4.78, 5) is 0. The van der Waals surface area contributed by atoms with E-state index in [-0.39, 0.29) is 0 Å². The van der Waals surface area contributed by atoms with Crippen molar-refractivity contribution in [1.82, 2.24) is 0 Å². The summed E-state index contributed by atoms with van der Waals surface area (Å²) < 4.78 is 18.0. The number of aliphatic hydroxyl groups is 2. The van der Waals surface area contributed by atoms with E-state index in [0.29, 0.717) is 26.5 Å². The summed E-state index contributed by atoms with van der Waals surface area (Å²) in [6, 6.07) is 15.4. The first-order valence-electron chi connectivity index (χ1n) is 10.7. The van der Waals surface area contributed by atoms with Gasteiger partial charge in [0.05, 0.1) is 22.4 Å². The van der Waals surface area contributed by atoms with E-state index in [2.05, 4.69) is 0 Å². The summed E-state index contributed by atoms with van der Waals surface area (Å²) in [5.74, 6) is 1.41. The van der Waals surface area contributed by atoms with Crippen molar-refractivity contribution in [3.05, 3.63) is 48.5 Å². The molecule has 0 unspecified atom stereocenters. The van der Waals surface area contributed by atoms with Gasteiger partial charge in [-0.25, -0.2) is 0 Å². The molecule has 0 saturated carbocycles. The first kappa shape index (κ1) is 25.5. The predicted octanol–water partition coefficient (Wildman–Crippen LogP) is 2.56. The molecule has 0 spiro atoms. The Morgan fingerprint density at radius 3 is 1.29 bits per heavy atom. The number of ether oxygens (including phenoxy) is 1. The highest BCUT2D eigenvalue weighted by Gasteiger charge is 2.36. The molecule has 0 aliphatic carbocycles. The molecule has 168 valence electrons. The molecule has 0 aromatic heterocycles. The molecule has 7 heteroatoms. The monoisotopic (exact) mass is 426 g/mol. The zero-order valence-electron chi connectivity index (χ0n) is 20.2. The molecule has 0 amide bonds. The zero-order valence-corrected chi connectivity index (χ0v) is 20.2. The normalized spacial score (nSPS) is 13.1. The van der Waals surface area contributed by atoms with Gasteiger partial charge in [-0.05, 0) is 90.6 Å². The van der Waals surface area contributed by atoms with Crippen LogP contribution in [0.1, 0.15) is 55.4 Å². The maximum Gasteiger partial charge on any atom is 0.309 e. The van der Waals surface area contributed by atoms with E-state index in [9.17, 15) is 10.2 Å². The van der Waals surface area contributed by atoms with Crippen LogP contribution < -0.4 is 15.7 Å². The lowest BCUT2D eigenvalue weighted by Crippen LogP contribution is -2.49. The van der Waals surface area contributed by atoms with E-state index in [4.69, 9.17) is 14.0 Å². The van der Waals surface area contributed by atoms with Crippen LogP contribution in [0.25, 0.3) is 0 Å². The number of benzene rings is 2. The fraction of sp³-hybridized carbons (Fsp3) is 0.500. The maximum atomic E-state index is 10.3. The molecule has 2 aromatic carbocycles. The lowest BCUT2D eigenvalue weighted by atomic mass is 9.82. The highest BCUT2D eigenvalue weighted by atomic mass is 16.5. The molecule has 0 heterocycles. The molecule has 31 heavy (non-hydrogen) atoms. The molecule has 2 aromatic rings. The van der Waals surface area contributed by atoms with Gasteiger partial charge in [-0.3, -0.25) is 0 Å². The fourth-order valence-corrected chi connectivity index (χ4v) is 2.41. The number of rotatable bonds is 10. The second-order valence-corrected chi connectivity index (χ2v) is 10.1. The van der Waals surface area contributed by atoms with Gasteiger partial charge in [0.15, 0.2) is 0 Å². The van der Waals surface area contributed by atoms with E-state index < -0.39 is 22.4 Å². The molecule has 0 aliphatic rings. The molecule has 0 fully saturated rings. The van der Waals surface area contributed by atoms with Gasteiger partial charge in [-0.15, -0.1) is 0 Å². The summed E-state index contributed by atoms with van der Waals surface area (Å²) in [5, 5.41) is 20.5. The summed E-state index contributed by atoms with van der Waals surface area (Å²) in [7, 11) is 0.738. The van der Waals surface area contributed by atoms with Gasteiger partial charge in [0.25, 0.3) is 0 Å². The molecule has 0 atom stereocenters. The van der Waals surface area contributed by atoms with Crippen LogP contribution in [0, 0.1) is 0 Å². The fourth-order valence-electron chi connectivity index (χ4n) is 2.41. The summed E-state index contributed by atoms with van der Waals surface area (Å²) in [5.41, 5.74) is -1.36. The van der Waals surface area contributed by atoms with Gasteiger partial charge in [0.1, 0.15) is 11.5 Å². The molecular weight excluding hydrogens is 390 g/mol. The zero-order chi connectivity index (χ0) is 23.5. The average molecular weight is 426 g/mol. The Balaban J connectivity index is 2.04. The second kappa shape index (κ2) is 9.37. The number of hydrogen-bond donors (Lipinski definition) is 2. The smallest absolute Gasteiger partial charge is 0.309 e. The van der Waals surface area contributed by atoms with E-state index in [1.165, 1.54) is 0 Å². The summed E-state index contributed by atoms with van der Waals surface area (Å²) in [6.07, 6.45) is 0. The molecule has 0 bridgehead atoms. The van der Waals surface area contributed by atoms with Gasteiger partial charge >= 0.3 is 15.0 Å². The molecule has 0 aliphatic heterocycles. The molecule has 2 rings (SSSR count). The van der Waals surface area contributed by atoms with Gasteiger partial charge in [0, 0.05) is 0 Å². The Kier molecular flexibility index (Phi) is 7.70. The Labute approximate surface area is 188 Å². The van der Waals surface area contributed by atoms with Crippen molar-refractivity contribution in [2.24, 2.45) is 0 Å². The van der Waals surface area contributed by atoms with E-state index >= 15 is 0 Å². The lowest BCUT2D eigenvalue weighted by Gasteiger charge is -2.37. The van der Waals surface area contributed by atoms with Crippen molar-refractivity contribution in [1.29, 1.82) is 0 Å². The van der Waals surface area contributed by atoms with E-state index in [1.54, 1.807) is 27.7 Å². The minimum Gasteiger partial charge on any atom is -0.457 e. The Morgan fingerprint density at radius 2 is 0.968 bits per heavy atom. The van der Waals surface area contributed by atoms with Crippen molar-refractivity contribution in [3.63, 3.8) is 0 Å². The van der Waals surface area contributed by atoms with Crippen molar-refractivity contribution in [3.8, 4) is 11.5 Å². The third kappa shape index (κ3) is 7.11. The highest BCUT2D eigenvalue weighted by Crippen LogP contribution is 2.26. The molecule has 2 N–H and O–H groups in total. The van der Waals surface area contributed by atoms with Crippen molar-refractivity contribution >= 4 is 25.9 Å². The van der Waals surface area contributed by atoms with Crippen LogP contribution in [0.15, 0.2) is 48.5 Å². The van der Waals surface area contributed by atoms with Gasteiger partial charge in [-0.2, -0.15) is 0 Å². The molecular formula is C24H36B2O5. The first-order chi connectivity index (χ1) is 14.1. The Hall–Kier alpha value is -1.79. The van der Waals surface area contributed by atoms with Crippen LogP contribution in [-0.2, 0) is 9.31 Å². The minimum atomic E-state index is -0.955. The van der Waals surface area contributed by atoms with Gasteiger partial charge in [-0.1, -0.05) is 24.3 Å². The van der Waals surface area contributed by atoms with Crippen LogP contribution in [0.4, 0.5) is 0 Å². The topological polar surface area (TPSA) is 68.2 Å². The van der Waals surface area contributed by atoms with Crippen LogP contribution in [0.5, 0.6) is 11.5 Å².